The van der Waals surface area contributed by atoms with Crippen molar-refractivity contribution in [3.63, 3.8) is 0 Å². The zero-order chi connectivity index (χ0) is 20.5. The van der Waals surface area contributed by atoms with Crippen LogP contribution in [0.2, 0.25) is 5.02 Å². The van der Waals surface area contributed by atoms with Crippen LogP contribution in [0.1, 0.15) is 38.9 Å². The maximum Gasteiger partial charge on any atom is 0.272 e. The maximum absolute atomic E-state index is 13.1. The van der Waals surface area contributed by atoms with Gasteiger partial charge in [-0.2, -0.15) is 0 Å². The first-order chi connectivity index (χ1) is 13.9. The van der Waals surface area contributed by atoms with Crippen LogP contribution < -0.4 is 5.56 Å². The highest BCUT2D eigenvalue weighted by atomic mass is 35.5. The first-order valence-electron chi connectivity index (χ1n) is 9.49. The van der Waals surface area contributed by atoms with Gasteiger partial charge in [0.05, 0.1) is 17.7 Å². The lowest BCUT2D eigenvalue weighted by molar-refractivity contribution is -0.0125. The van der Waals surface area contributed by atoms with Gasteiger partial charge in [-0.05, 0) is 36.6 Å². The van der Waals surface area contributed by atoms with E-state index >= 15 is 0 Å². The Bertz CT molecular complexity index is 1000. The number of amides is 2. The number of halogens is 1. The van der Waals surface area contributed by atoms with Crippen LogP contribution in [0.3, 0.4) is 0 Å². The number of fused-ring (bicyclic) bond motifs is 1. The molecule has 29 heavy (non-hydrogen) atoms. The molecule has 2 aliphatic heterocycles. The van der Waals surface area contributed by atoms with E-state index in [1.165, 1.54) is 6.20 Å². The molecule has 0 aromatic carbocycles. The topological polar surface area (TPSA) is 95.6 Å². The molecule has 2 aliphatic rings. The van der Waals surface area contributed by atoms with E-state index in [1.54, 1.807) is 28.1 Å². The quantitative estimate of drug-likeness (QED) is 0.800. The molecule has 4 rings (SSSR count). The zero-order valence-electron chi connectivity index (χ0n) is 16.0. The monoisotopic (exact) mass is 416 g/mol. The molecule has 1 fully saturated rings. The van der Waals surface area contributed by atoms with Crippen molar-refractivity contribution in [2.24, 2.45) is 0 Å². The van der Waals surface area contributed by atoms with Gasteiger partial charge >= 0.3 is 0 Å². The summed E-state index contributed by atoms with van der Waals surface area (Å²) in [6, 6.07) is 3.21. The van der Waals surface area contributed by atoms with Crippen LogP contribution in [-0.2, 0) is 17.7 Å². The first kappa shape index (κ1) is 19.6. The van der Waals surface area contributed by atoms with Crippen LogP contribution in [-0.4, -0.2) is 63.9 Å². The van der Waals surface area contributed by atoms with Gasteiger partial charge < -0.3 is 19.5 Å². The molecule has 0 spiro atoms. The third-order valence-electron chi connectivity index (χ3n) is 5.26. The highest BCUT2D eigenvalue weighted by Crippen LogP contribution is 2.23. The molecule has 1 unspecified atom stereocenters. The number of nitrogens with zero attached hydrogens (tertiary/aromatic N) is 3. The number of hydrogen-bond acceptors (Lipinski definition) is 5. The third kappa shape index (κ3) is 3.90. The number of aromatic amines is 1. The van der Waals surface area contributed by atoms with Gasteiger partial charge in [-0.25, -0.2) is 4.98 Å². The van der Waals surface area contributed by atoms with Crippen molar-refractivity contribution in [1.29, 1.82) is 0 Å². The van der Waals surface area contributed by atoms with E-state index in [2.05, 4.69) is 9.97 Å². The number of aromatic nitrogens is 2. The molecule has 1 N–H and O–H groups in total. The molecule has 2 aromatic heterocycles. The Morgan fingerprint density at radius 3 is 2.79 bits per heavy atom. The fourth-order valence-electron chi connectivity index (χ4n) is 3.79. The number of H-pyrrole nitrogens is 1. The average molecular weight is 417 g/mol. The fraction of sp³-hybridized carbons (Fsp3) is 0.400. The predicted octanol–water partition coefficient (Wildman–Crippen LogP) is 1.48. The van der Waals surface area contributed by atoms with Crippen LogP contribution in [0.15, 0.2) is 29.3 Å². The van der Waals surface area contributed by atoms with E-state index in [0.29, 0.717) is 55.5 Å². The van der Waals surface area contributed by atoms with Crippen molar-refractivity contribution in [3.05, 3.63) is 62.3 Å². The Morgan fingerprint density at radius 1 is 1.24 bits per heavy atom. The Balaban J connectivity index is 1.59. The van der Waals surface area contributed by atoms with Crippen molar-refractivity contribution < 1.29 is 14.3 Å². The Hall–Kier alpha value is -2.71. The van der Waals surface area contributed by atoms with Crippen molar-refractivity contribution >= 4 is 23.4 Å². The highest BCUT2D eigenvalue weighted by Gasteiger charge is 2.31. The Morgan fingerprint density at radius 2 is 2.07 bits per heavy atom. The molecule has 0 saturated carbocycles. The van der Waals surface area contributed by atoms with E-state index in [1.807, 2.05) is 6.92 Å². The van der Waals surface area contributed by atoms with Crippen molar-refractivity contribution in [2.45, 2.75) is 26.0 Å². The standard InChI is InChI=1S/C20H21ClN4O4/c1-12-10-25(6-7-29-12)20(28)17-15-4-5-24(11-13(15)8-23-18(17)26)19(27)16-3-2-14(21)9-22-16/h2-3,8-9,12H,4-7,10-11H2,1H3,(H,23,26). The fourth-order valence-corrected chi connectivity index (χ4v) is 3.90. The molecule has 1 saturated heterocycles. The number of rotatable bonds is 2. The Labute approximate surface area is 172 Å². The van der Waals surface area contributed by atoms with Crippen LogP contribution in [0.5, 0.6) is 0 Å². The van der Waals surface area contributed by atoms with Gasteiger partial charge in [0.2, 0.25) is 0 Å². The van der Waals surface area contributed by atoms with Gasteiger partial charge in [-0.3, -0.25) is 14.4 Å². The lowest BCUT2D eigenvalue weighted by atomic mass is 9.95. The number of morpholine rings is 1. The van der Waals surface area contributed by atoms with Gasteiger partial charge in [-0.15, -0.1) is 0 Å². The summed E-state index contributed by atoms with van der Waals surface area (Å²) >= 11 is 5.84. The second-order valence-corrected chi connectivity index (χ2v) is 7.70. The molecule has 9 heteroatoms. The van der Waals surface area contributed by atoms with Crippen molar-refractivity contribution in [2.75, 3.05) is 26.2 Å². The van der Waals surface area contributed by atoms with E-state index in [9.17, 15) is 14.4 Å². The van der Waals surface area contributed by atoms with E-state index < -0.39 is 5.56 Å². The molecule has 8 nitrogen and oxygen atoms in total. The number of hydrogen-bond donors (Lipinski definition) is 1. The van der Waals surface area contributed by atoms with Crippen molar-refractivity contribution in [1.82, 2.24) is 19.8 Å². The maximum atomic E-state index is 13.1. The predicted molar refractivity (Wildman–Crippen MR) is 106 cm³/mol. The number of nitrogens with one attached hydrogen (secondary N) is 1. The molecule has 2 aromatic rings. The number of carbonyl (C=O) groups is 2. The minimum Gasteiger partial charge on any atom is -0.375 e. The summed E-state index contributed by atoms with van der Waals surface area (Å²) < 4.78 is 5.49. The van der Waals surface area contributed by atoms with Gasteiger partial charge in [-0.1, -0.05) is 11.6 Å². The van der Waals surface area contributed by atoms with Crippen LogP contribution in [0.25, 0.3) is 0 Å². The molecule has 152 valence electrons. The number of carbonyl (C=O) groups excluding carboxylic acids is 2. The second kappa shape index (κ2) is 7.96. The molecular formula is C20H21ClN4O4. The first-order valence-corrected chi connectivity index (χ1v) is 9.87. The smallest absolute Gasteiger partial charge is 0.272 e. The minimum atomic E-state index is -0.396. The molecule has 0 aliphatic carbocycles. The average Bonchev–Trinajstić information content (AvgIpc) is 2.73. The summed E-state index contributed by atoms with van der Waals surface area (Å²) in [7, 11) is 0. The summed E-state index contributed by atoms with van der Waals surface area (Å²) in [5, 5.41) is 0.462. The van der Waals surface area contributed by atoms with E-state index in [0.717, 1.165) is 5.56 Å². The highest BCUT2D eigenvalue weighted by molar-refractivity contribution is 6.30. The SMILES string of the molecule is CC1CN(C(=O)c2c3c(c[nH]c2=O)CN(C(=O)c2ccc(Cl)cn2)CC3)CCO1. The lowest BCUT2D eigenvalue weighted by Crippen LogP contribution is -2.47. The summed E-state index contributed by atoms with van der Waals surface area (Å²) in [6.45, 7) is 3.97. The molecular weight excluding hydrogens is 396 g/mol. The van der Waals surface area contributed by atoms with E-state index in [4.69, 9.17) is 16.3 Å². The molecule has 0 radical (unpaired) electrons. The van der Waals surface area contributed by atoms with Gasteiger partial charge in [0.1, 0.15) is 11.3 Å². The van der Waals surface area contributed by atoms with Gasteiger partial charge in [0, 0.05) is 38.6 Å². The largest absolute Gasteiger partial charge is 0.375 e. The minimum absolute atomic E-state index is 0.0636. The molecule has 0 bridgehead atoms. The summed E-state index contributed by atoms with van der Waals surface area (Å²) in [5.41, 5.74) is 1.56. The third-order valence-corrected chi connectivity index (χ3v) is 5.49. The molecule has 4 heterocycles. The second-order valence-electron chi connectivity index (χ2n) is 7.27. The molecule has 2 amide bonds. The zero-order valence-corrected chi connectivity index (χ0v) is 16.7. The lowest BCUT2D eigenvalue weighted by Gasteiger charge is -2.33. The Kier molecular flexibility index (Phi) is 5.38. The van der Waals surface area contributed by atoms with E-state index in [-0.39, 0.29) is 23.5 Å². The van der Waals surface area contributed by atoms with Crippen molar-refractivity contribution in [3.8, 4) is 0 Å². The molecule has 1 atom stereocenters. The summed E-state index contributed by atoms with van der Waals surface area (Å²) in [4.78, 5) is 48.4. The summed E-state index contributed by atoms with van der Waals surface area (Å²) in [6.07, 6.45) is 3.39. The normalized spacial score (nSPS) is 19.0. The number of ether oxygens (including phenoxy) is 1. The summed E-state index contributed by atoms with van der Waals surface area (Å²) in [5.74, 6) is -0.495. The van der Waals surface area contributed by atoms with Crippen LogP contribution >= 0.6 is 11.6 Å². The van der Waals surface area contributed by atoms with Crippen LogP contribution in [0, 0.1) is 0 Å². The number of pyridine rings is 2. The van der Waals surface area contributed by atoms with Crippen LogP contribution in [0.4, 0.5) is 0 Å². The van der Waals surface area contributed by atoms with Gasteiger partial charge in [0.15, 0.2) is 0 Å². The van der Waals surface area contributed by atoms with Gasteiger partial charge in [0.25, 0.3) is 17.4 Å².